The van der Waals surface area contributed by atoms with Gasteiger partial charge in [-0.3, -0.25) is 10.1 Å². The fourth-order valence-electron chi connectivity index (χ4n) is 3.79. The van der Waals surface area contributed by atoms with E-state index in [0.29, 0.717) is 6.04 Å². The van der Waals surface area contributed by atoms with E-state index < -0.39 is 0 Å². The van der Waals surface area contributed by atoms with Crippen molar-refractivity contribution in [3.05, 3.63) is 35.9 Å². The molecule has 3 heteroatoms. The van der Waals surface area contributed by atoms with Crippen LogP contribution in [0.25, 0.3) is 0 Å². The molecule has 1 heterocycles. The summed E-state index contributed by atoms with van der Waals surface area (Å²) in [6, 6.07) is 10.6. The maximum atomic E-state index is 12.6. The number of carbonyl (C=O) groups excluding carboxylic acids is 1. The number of amides is 1. The first-order valence-electron chi connectivity index (χ1n) is 7.64. The molecule has 108 valence electrons. The van der Waals surface area contributed by atoms with Crippen molar-refractivity contribution < 1.29 is 4.79 Å². The van der Waals surface area contributed by atoms with Crippen molar-refractivity contribution in [2.45, 2.75) is 58.3 Å². The summed E-state index contributed by atoms with van der Waals surface area (Å²) >= 11 is 0. The van der Waals surface area contributed by atoms with Gasteiger partial charge in [-0.15, -0.1) is 0 Å². The smallest absolute Gasteiger partial charge is 0.241 e. The largest absolute Gasteiger partial charge is 0.318 e. The zero-order chi connectivity index (χ0) is 14.3. The number of hydrogen-bond acceptors (Lipinski definition) is 2. The number of benzene rings is 1. The number of carbonyl (C=O) groups is 1. The lowest BCUT2D eigenvalue weighted by Crippen LogP contribution is -2.45. The van der Waals surface area contributed by atoms with E-state index in [-0.39, 0.29) is 23.5 Å². The third-order valence-corrected chi connectivity index (χ3v) is 4.96. The van der Waals surface area contributed by atoms with Gasteiger partial charge < -0.3 is 4.90 Å². The SMILES string of the molecule is CC1NC(c2ccccc2)N(C2CCCC2(C)C)C1=O. The average Bonchev–Trinajstić information content (AvgIpc) is 2.91. The van der Waals surface area contributed by atoms with Gasteiger partial charge in [-0.1, -0.05) is 50.6 Å². The highest BCUT2D eigenvalue weighted by atomic mass is 16.2. The lowest BCUT2D eigenvalue weighted by molar-refractivity contribution is -0.134. The van der Waals surface area contributed by atoms with E-state index in [0.717, 1.165) is 6.42 Å². The Morgan fingerprint density at radius 2 is 1.95 bits per heavy atom. The molecule has 1 aromatic rings. The summed E-state index contributed by atoms with van der Waals surface area (Å²) in [5, 5.41) is 3.46. The molecule has 0 aromatic heterocycles. The summed E-state index contributed by atoms with van der Waals surface area (Å²) in [6.45, 7) is 6.56. The van der Waals surface area contributed by atoms with Gasteiger partial charge in [0.2, 0.25) is 5.91 Å². The third kappa shape index (κ3) is 2.14. The van der Waals surface area contributed by atoms with Crippen LogP contribution < -0.4 is 5.32 Å². The van der Waals surface area contributed by atoms with Gasteiger partial charge in [0, 0.05) is 6.04 Å². The summed E-state index contributed by atoms with van der Waals surface area (Å²) in [5.41, 5.74) is 1.40. The van der Waals surface area contributed by atoms with E-state index in [2.05, 4.69) is 36.2 Å². The van der Waals surface area contributed by atoms with Gasteiger partial charge in [-0.05, 0) is 30.7 Å². The summed E-state index contributed by atoms with van der Waals surface area (Å²) in [5.74, 6) is 0.249. The van der Waals surface area contributed by atoms with Gasteiger partial charge in [0.15, 0.2) is 0 Å². The Labute approximate surface area is 121 Å². The van der Waals surface area contributed by atoms with Crippen molar-refractivity contribution in [3.8, 4) is 0 Å². The Kier molecular flexibility index (Phi) is 3.33. The van der Waals surface area contributed by atoms with E-state index in [1.54, 1.807) is 0 Å². The normalized spacial score (nSPS) is 32.9. The molecule has 1 saturated heterocycles. The van der Waals surface area contributed by atoms with Crippen LogP contribution >= 0.6 is 0 Å². The molecule has 2 fully saturated rings. The monoisotopic (exact) mass is 272 g/mol. The molecule has 3 nitrogen and oxygen atoms in total. The minimum Gasteiger partial charge on any atom is -0.318 e. The molecule has 1 amide bonds. The van der Waals surface area contributed by atoms with E-state index in [1.165, 1.54) is 18.4 Å². The van der Waals surface area contributed by atoms with Gasteiger partial charge in [0.25, 0.3) is 0 Å². The molecule has 3 unspecified atom stereocenters. The van der Waals surface area contributed by atoms with Crippen LogP contribution in [0.2, 0.25) is 0 Å². The van der Waals surface area contributed by atoms with Gasteiger partial charge in [0.05, 0.1) is 6.04 Å². The fourth-order valence-corrected chi connectivity index (χ4v) is 3.79. The molecule has 0 radical (unpaired) electrons. The van der Waals surface area contributed by atoms with Crippen molar-refractivity contribution in [1.82, 2.24) is 10.2 Å². The molecule has 2 aliphatic rings. The molecular weight excluding hydrogens is 248 g/mol. The van der Waals surface area contributed by atoms with Crippen LogP contribution in [-0.2, 0) is 4.79 Å². The number of nitrogens with zero attached hydrogens (tertiary/aromatic N) is 1. The first kappa shape index (κ1) is 13.6. The minimum absolute atomic E-state index is 0.0288. The van der Waals surface area contributed by atoms with E-state index in [1.807, 2.05) is 25.1 Å². The highest BCUT2D eigenvalue weighted by molar-refractivity contribution is 5.84. The highest BCUT2D eigenvalue weighted by Gasteiger charge is 2.47. The van der Waals surface area contributed by atoms with Crippen LogP contribution in [0.5, 0.6) is 0 Å². The molecule has 1 aliphatic carbocycles. The van der Waals surface area contributed by atoms with Crippen molar-refractivity contribution in [1.29, 1.82) is 0 Å². The number of nitrogens with one attached hydrogen (secondary N) is 1. The summed E-state index contributed by atoms with van der Waals surface area (Å²) in [7, 11) is 0. The zero-order valence-electron chi connectivity index (χ0n) is 12.6. The maximum Gasteiger partial charge on any atom is 0.241 e. The van der Waals surface area contributed by atoms with Crippen LogP contribution in [-0.4, -0.2) is 22.9 Å². The quantitative estimate of drug-likeness (QED) is 0.897. The van der Waals surface area contributed by atoms with Crippen LogP contribution in [0.15, 0.2) is 30.3 Å². The van der Waals surface area contributed by atoms with Crippen molar-refractivity contribution in [2.75, 3.05) is 0 Å². The molecule has 0 spiro atoms. The van der Waals surface area contributed by atoms with Crippen LogP contribution in [0.4, 0.5) is 0 Å². The number of hydrogen-bond donors (Lipinski definition) is 1. The fraction of sp³-hybridized carbons (Fsp3) is 0.588. The van der Waals surface area contributed by atoms with Gasteiger partial charge in [-0.25, -0.2) is 0 Å². The Morgan fingerprint density at radius 1 is 1.25 bits per heavy atom. The second kappa shape index (κ2) is 4.88. The number of rotatable bonds is 2. The molecule has 3 rings (SSSR count). The Morgan fingerprint density at radius 3 is 2.55 bits per heavy atom. The minimum atomic E-state index is -0.0865. The van der Waals surface area contributed by atoms with Crippen LogP contribution in [0.1, 0.15) is 51.8 Å². The topological polar surface area (TPSA) is 32.3 Å². The molecule has 1 aliphatic heterocycles. The van der Waals surface area contributed by atoms with Crippen molar-refractivity contribution >= 4 is 5.91 Å². The first-order chi connectivity index (χ1) is 9.50. The summed E-state index contributed by atoms with van der Waals surface area (Å²) < 4.78 is 0. The second-order valence-electron chi connectivity index (χ2n) is 6.84. The average molecular weight is 272 g/mol. The summed E-state index contributed by atoms with van der Waals surface area (Å²) in [6.07, 6.45) is 3.58. The van der Waals surface area contributed by atoms with Crippen LogP contribution in [0, 0.1) is 5.41 Å². The predicted molar refractivity (Wildman–Crippen MR) is 80.0 cm³/mol. The lowest BCUT2D eigenvalue weighted by Gasteiger charge is -2.38. The molecule has 1 aromatic carbocycles. The van der Waals surface area contributed by atoms with Crippen molar-refractivity contribution in [2.24, 2.45) is 5.41 Å². The Balaban J connectivity index is 1.95. The van der Waals surface area contributed by atoms with Crippen LogP contribution in [0.3, 0.4) is 0 Å². The maximum absolute atomic E-state index is 12.6. The van der Waals surface area contributed by atoms with E-state index in [4.69, 9.17) is 0 Å². The van der Waals surface area contributed by atoms with Crippen molar-refractivity contribution in [3.63, 3.8) is 0 Å². The highest BCUT2D eigenvalue weighted by Crippen LogP contribution is 2.44. The molecule has 3 atom stereocenters. The van der Waals surface area contributed by atoms with Gasteiger partial charge >= 0.3 is 0 Å². The molecular formula is C17H24N2O. The second-order valence-corrected chi connectivity index (χ2v) is 6.84. The predicted octanol–water partition coefficient (Wildman–Crippen LogP) is 3.08. The molecule has 1 saturated carbocycles. The van der Waals surface area contributed by atoms with Gasteiger partial charge in [0.1, 0.15) is 6.17 Å². The van der Waals surface area contributed by atoms with E-state index >= 15 is 0 Å². The Bertz CT molecular complexity index is 497. The molecule has 0 bridgehead atoms. The first-order valence-corrected chi connectivity index (χ1v) is 7.64. The Hall–Kier alpha value is -1.35. The molecule has 1 N–H and O–H groups in total. The van der Waals surface area contributed by atoms with E-state index in [9.17, 15) is 4.79 Å². The van der Waals surface area contributed by atoms with Gasteiger partial charge in [-0.2, -0.15) is 0 Å². The third-order valence-electron chi connectivity index (χ3n) is 4.96. The lowest BCUT2D eigenvalue weighted by atomic mass is 9.86. The summed E-state index contributed by atoms with van der Waals surface area (Å²) in [4.78, 5) is 14.7. The zero-order valence-corrected chi connectivity index (χ0v) is 12.6. The standard InChI is InChI=1S/C17H24N2O/c1-12-16(20)19(14-10-7-11-17(14,2)3)15(18-12)13-8-5-4-6-9-13/h4-6,8-9,12,14-15,18H,7,10-11H2,1-3H3. The molecule has 20 heavy (non-hydrogen) atoms.